The maximum atomic E-state index is 13.0. The van der Waals surface area contributed by atoms with Crippen LogP contribution >= 0.6 is 0 Å². The van der Waals surface area contributed by atoms with Gasteiger partial charge in [-0.3, -0.25) is 24.6 Å². The number of nitrogens with one attached hydrogen (secondary N) is 1. The third-order valence-corrected chi connectivity index (χ3v) is 6.96. The van der Waals surface area contributed by atoms with Gasteiger partial charge in [0.1, 0.15) is 6.04 Å². The Kier molecular flexibility index (Phi) is 5.53. The molecule has 3 aliphatic rings. The van der Waals surface area contributed by atoms with E-state index in [1.54, 1.807) is 4.90 Å². The molecule has 166 valence electrons. The Morgan fingerprint density at radius 3 is 2.53 bits per heavy atom. The number of carbonyl (C=O) groups is 3. The van der Waals surface area contributed by atoms with E-state index in [0.717, 1.165) is 42.7 Å². The molecule has 7 heteroatoms. The lowest BCUT2D eigenvalue weighted by atomic mass is 9.97. The molecular formula is C25H28N4O3. The molecule has 0 aliphatic carbocycles. The Hall–Kier alpha value is -3.03. The van der Waals surface area contributed by atoms with Gasteiger partial charge in [-0.05, 0) is 53.6 Å². The summed E-state index contributed by atoms with van der Waals surface area (Å²) in [7, 11) is 0. The van der Waals surface area contributed by atoms with E-state index in [1.807, 2.05) is 12.1 Å². The van der Waals surface area contributed by atoms with Crippen LogP contribution in [0.5, 0.6) is 0 Å². The zero-order valence-corrected chi connectivity index (χ0v) is 18.0. The molecule has 32 heavy (non-hydrogen) atoms. The van der Waals surface area contributed by atoms with E-state index in [-0.39, 0.29) is 24.1 Å². The van der Waals surface area contributed by atoms with Gasteiger partial charge in [0, 0.05) is 38.2 Å². The van der Waals surface area contributed by atoms with E-state index < -0.39 is 6.04 Å². The molecule has 2 saturated heterocycles. The number of hydrogen-bond donors (Lipinski definition) is 2. The lowest BCUT2D eigenvalue weighted by Gasteiger charge is -2.29. The second-order valence-corrected chi connectivity index (χ2v) is 9.06. The number of likely N-dealkylation sites (tertiary alicyclic amines) is 1. The fraction of sp³-hybridized carbons (Fsp3) is 0.400. The predicted octanol–water partition coefficient (Wildman–Crippen LogP) is 1.90. The highest BCUT2D eigenvalue weighted by molar-refractivity contribution is 6.05. The van der Waals surface area contributed by atoms with Gasteiger partial charge < -0.3 is 10.6 Å². The Morgan fingerprint density at radius 1 is 1.00 bits per heavy atom. The number of hydrogen-bond acceptors (Lipinski definition) is 5. The number of nitrogens with zero attached hydrogens (tertiary/aromatic N) is 2. The van der Waals surface area contributed by atoms with Crippen LogP contribution in [0.4, 0.5) is 0 Å². The summed E-state index contributed by atoms with van der Waals surface area (Å²) in [6, 6.07) is 14.1. The van der Waals surface area contributed by atoms with Crippen molar-refractivity contribution in [3.05, 3.63) is 70.3 Å². The highest BCUT2D eigenvalue weighted by atomic mass is 16.2. The van der Waals surface area contributed by atoms with Crippen LogP contribution in [0.15, 0.2) is 42.5 Å². The summed E-state index contributed by atoms with van der Waals surface area (Å²) < 4.78 is 0. The molecule has 0 saturated carbocycles. The fourth-order valence-corrected chi connectivity index (χ4v) is 5.13. The second-order valence-electron chi connectivity index (χ2n) is 9.06. The Morgan fingerprint density at radius 2 is 1.78 bits per heavy atom. The molecule has 2 aromatic carbocycles. The van der Waals surface area contributed by atoms with Crippen LogP contribution in [0.1, 0.15) is 57.8 Å². The summed E-state index contributed by atoms with van der Waals surface area (Å²) in [4.78, 5) is 40.7. The predicted molar refractivity (Wildman–Crippen MR) is 119 cm³/mol. The number of amides is 3. The zero-order valence-electron chi connectivity index (χ0n) is 18.0. The minimum absolute atomic E-state index is 0.115. The highest BCUT2D eigenvalue weighted by Crippen LogP contribution is 2.31. The van der Waals surface area contributed by atoms with Crippen molar-refractivity contribution in [3.8, 4) is 0 Å². The van der Waals surface area contributed by atoms with Crippen molar-refractivity contribution in [1.82, 2.24) is 15.1 Å². The van der Waals surface area contributed by atoms with Gasteiger partial charge in [0.15, 0.2) is 0 Å². The third kappa shape index (κ3) is 3.94. The number of rotatable bonds is 5. The summed E-state index contributed by atoms with van der Waals surface area (Å²) in [6.07, 6.45) is 1.78. The lowest BCUT2D eigenvalue weighted by Crippen LogP contribution is -2.52. The van der Waals surface area contributed by atoms with Gasteiger partial charge in [0.25, 0.3) is 5.91 Å². The minimum atomic E-state index is -0.568. The highest BCUT2D eigenvalue weighted by Gasteiger charge is 2.39. The average molecular weight is 433 g/mol. The molecule has 5 rings (SSSR count). The Labute approximate surface area is 187 Å². The topological polar surface area (TPSA) is 95.7 Å². The third-order valence-electron chi connectivity index (χ3n) is 6.96. The van der Waals surface area contributed by atoms with E-state index in [4.69, 9.17) is 5.73 Å². The van der Waals surface area contributed by atoms with Crippen molar-refractivity contribution in [1.29, 1.82) is 0 Å². The molecular weight excluding hydrogens is 404 g/mol. The zero-order chi connectivity index (χ0) is 22.2. The smallest absolute Gasteiger partial charge is 0.255 e. The molecule has 0 radical (unpaired) electrons. The molecule has 3 heterocycles. The fourth-order valence-electron chi connectivity index (χ4n) is 5.13. The van der Waals surface area contributed by atoms with Crippen LogP contribution in [0.25, 0.3) is 0 Å². The van der Waals surface area contributed by atoms with Crippen LogP contribution in [-0.4, -0.2) is 46.7 Å². The van der Waals surface area contributed by atoms with Gasteiger partial charge in [-0.25, -0.2) is 0 Å². The van der Waals surface area contributed by atoms with Crippen molar-refractivity contribution in [2.24, 2.45) is 5.73 Å². The van der Waals surface area contributed by atoms with Crippen molar-refractivity contribution >= 4 is 17.7 Å². The standard InChI is InChI=1S/C25H28N4O3/c26-12-16-1-4-18(5-2-16)19-9-10-28(14-19)13-17-3-6-20-15-29(25(32)21(20)11-17)22-7-8-23(30)27-24(22)31/h1-6,11,19,22H,7-10,12-15,26H2,(H,27,30,31). The second kappa shape index (κ2) is 8.48. The van der Waals surface area contributed by atoms with Crippen LogP contribution in [0, 0.1) is 0 Å². The van der Waals surface area contributed by atoms with Crippen molar-refractivity contribution < 1.29 is 14.4 Å². The Balaban J connectivity index is 1.24. The van der Waals surface area contributed by atoms with E-state index >= 15 is 0 Å². The largest absolute Gasteiger partial charge is 0.326 e. The summed E-state index contributed by atoms with van der Waals surface area (Å²) in [5.74, 6) is -0.237. The number of imide groups is 1. The first-order valence-corrected chi connectivity index (χ1v) is 11.3. The molecule has 0 bridgehead atoms. The van der Waals surface area contributed by atoms with Crippen LogP contribution in [0.3, 0.4) is 0 Å². The molecule has 3 amide bonds. The molecule has 2 unspecified atom stereocenters. The van der Waals surface area contributed by atoms with Gasteiger partial charge in [0.2, 0.25) is 11.8 Å². The quantitative estimate of drug-likeness (QED) is 0.704. The minimum Gasteiger partial charge on any atom is -0.326 e. The van der Waals surface area contributed by atoms with Crippen molar-refractivity contribution in [2.75, 3.05) is 13.1 Å². The molecule has 2 aromatic rings. The van der Waals surface area contributed by atoms with E-state index in [2.05, 4.69) is 40.5 Å². The molecule has 7 nitrogen and oxygen atoms in total. The molecule has 0 aromatic heterocycles. The number of benzene rings is 2. The number of nitrogens with two attached hydrogens (primary N) is 1. The molecule has 2 fully saturated rings. The first-order valence-electron chi connectivity index (χ1n) is 11.3. The molecule has 3 aliphatic heterocycles. The monoisotopic (exact) mass is 432 g/mol. The molecule has 3 N–H and O–H groups in total. The summed E-state index contributed by atoms with van der Waals surface area (Å²) in [6.45, 7) is 3.81. The SMILES string of the molecule is NCc1ccc(C2CCN(Cc3ccc4c(c3)C(=O)N(C3CCC(=O)NC3=O)C4)C2)cc1. The molecule has 2 atom stereocenters. The summed E-state index contributed by atoms with van der Waals surface area (Å²) in [5.41, 5.74) is 11.0. The number of carbonyl (C=O) groups excluding carboxylic acids is 3. The first kappa shape index (κ1) is 20.8. The van der Waals surface area contributed by atoms with Crippen molar-refractivity contribution in [3.63, 3.8) is 0 Å². The van der Waals surface area contributed by atoms with E-state index in [9.17, 15) is 14.4 Å². The van der Waals surface area contributed by atoms with Gasteiger partial charge >= 0.3 is 0 Å². The van der Waals surface area contributed by atoms with Crippen LogP contribution in [0.2, 0.25) is 0 Å². The Bertz CT molecular complexity index is 1070. The normalized spacial score (nSPS) is 23.5. The maximum Gasteiger partial charge on any atom is 0.255 e. The summed E-state index contributed by atoms with van der Waals surface area (Å²) in [5, 5.41) is 2.35. The van der Waals surface area contributed by atoms with Crippen LogP contribution < -0.4 is 11.1 Å². The summed E-state index contributed by atoms with van der Waals surface area (Å²) >= 11 is 0. The number of fused-ring (bicyclic) bond motifs is 1. The van der Waals surface area contributed by atoms with Gasteiger partial charge in [-0.2, -0.15) is 0 Å². The van der Waals surface area contributed by atoms with E-state index in [1.165, 1.54) is 5.56 Å². The number of piperidine rings is 1. The van der Waals surface area contributed by atoms with Gasteiger partial charge in [0.05, 0.1) is 0 Å². The van der Waals surface area contributed by atoms with Crippen LogP contribution in [-0.2, 0) is 29.2 Å². The van der Waals surface area contributed by atoms with Gasteiger partial charge in [-0.1, -0.05) is 36.4 Å². The maximum absolute atomic E-state index is 13.0. The first-order chi connectivity index (χ1) is 15.5. The van der Waals surface area contributed by atoms with Gasteiger partial charge in [-0.15, -0.1) is 0 Å². The average Bonchev–Trinajstić information content (AvgIpc) is 3.39. The lowest BCUT2D eigenvalue weighted by molar-refractivity contribution is -0.136. The molecule has 0 spiro atoms. The van der Waals surface area contributed by atoms with E-state index in [0.29, 0.717) is 31.0 Å². The van der Waals surface area contributed by atoms with Crippen molar-refractivity contribution in [2.45, 2.75) is 50.9 Å².